The van der Waals surface area contributed by atoms with E-state index in [-0.39, 0.29) is 54.2 Å². The number of aliphatic carboxylic acids is 1. The Kier molecular flexibility index (Phi) is 14.8. The number of carboxylic acids is 1. The van der Waals surface area contributed by atoms with Gasteiger partial charge in [-0.05, 0) is 35.7 Å². The van der Waals surface area contributed by atoms with Crippen LogP contribution >= 0.6 is 11.3 Å². The molecule has 10 nitrogen and oxygen atoms in total. The van der Waals surface area contributed by atoms with Crippen LogP contribution in [0.3, 0.4) is 0 Å². The summed E-state index contributed by atoms with van der Waals surface area (Å²) >= 11 is 1.21. The van der Waals surface area contributed by atoms with E-state index in [1.165, 1.54) is 11.3 Å². The minimum atomic E-state index is -0.934. The van der Waals surface area contributed by atoms with Gasteiger partial charge in [-0.3, -0.25) is 19.2 Å². The second kappa shape index (κ2) is 17.6. The predicted molar refractivity (Wildman–Crippen MR) is 181 cm³/mol. The van der Waals surface area contributed by atoms with Gasteiger partial charge < -0.3 is 25.8 Å². The lowest BCUT2D eigenvalue weighted by Crippen LogP contribution is -2.51. The predicted octanol–water partition coefficient (Wildman–Crippen LogP) is 5.86. The number of esters is 1. The van der Waals surface area contributed by atoms with Crippen LogP contribution in [0.5, 0.6) is 0 Å². The maximum Gasteiger partial charge on any atom is 0.307 e. The van der Waals surface area contributed by atoms with Crippen molar-refractivity contribution in [2.45, 2.75) is 112 Å². The lowest BCUT2D eigenvalue weighted by atomic mass is 9.92. The maximum atomic E-state index is 13.4. The molecule has 2 rings (SSSR count). The molecule has 6 atom stereocenters. The molecule has 0 radical (unpaired) electrons. The number of rotatable bonds is 17. The van der Waals surface area contributed by atoms with Gasteiger partial charge in [0.25, 0.3) is 5.91 Å². The molecule has 0 saturated heterocycles. The molecule has 2 unspecified atom stereocenters. The van der Waals surface area contributed by atoms with Crippen molar-refractivity contribution in [1.82, 2.24) is 15.2 Å². The number of benzene rings is 1. The molecule has 1 heterocycles. The number of ether oxygens (including phenoxy) is 1. The number of carboxylic acid groups (broad SMARTS) is 1. The number of nitrogens with one attached hydrogen (secondary N) is 1. The normalized spacial score (nSPS) is 15.7. The van der Waals surface area contributed by atoms with Crippen LogP contribution in [0.4, 0.5) is 0 Å². The van der Waals surface area contributed by atoms with Gasteiger partial charge in [-0.2, -0.15) is 0 Å². The van der Waals surface area contributed by atoms with Crippen molar-refractivity contribution in [2.24, 2.45) is 28.9 Å². The summed E-state index contributed by atoms with van der Waals surface area (Å²) in [5.41, 5.74) is 7.14. The number of carbonyl (C=O) groups excluding carboxylic acids is 3. The van der Waals surface area contributed by atoms with E-state index in [1.54, 1.807) is 24.3 Å². The summed E-state index contributed by atoms with van der Waals surface area (Å²) in [4.78, 5) is 57.8. The van der Waals surface area contributed by atoms with Crippen LogP contribution in [-0.4, -0.2) is 63.9 Å². The number of thiazole rings is 1. The van der Waals surface area contributed by atoms with E-state index in [4.69, 9.17) is 10.5 Å². The average Bonchev–Trinajstić information content (AvgIpc) is 3.47. The highest BCUT2D eigenvalue weighted by atomic mass is 32.1. The summed E-state index contributed by atoms with van der Waals surface area (Å²) in [6, 6.07) is 8.16. The van der Waals surface area contributed by atoms with E-state index >= 15 is 0 Å². The molecule has 2 amide bonds. The summed E-state index contributed by atoms with van der Waals surface area (Å²) in [5, 5.41) is 14.6. The van der Waals surface area contributed by atoms with Gasteiger partial charge >= 0.3 is 11.9 Å². The van der Waals surface area contributed by atoms with Crippen LogP contribution in [0, 0.1) is 23.2 Å². The van der Waals surface area contributed by atoms with Crippen LogP contribution in [0.1, 0.15) is 108 Å². The molecule has 2 aromatic rings. The van der Waals surface area contributed by atoms with Crippen molar-refractivity contribution >= 4 is 35.1 Å². The zero-order valence-electron chi connectivity index (χ0n) is 28.9. The first kappa shape index (κ1) is 38.9. The molecule has 0 aliphatic carbocycles. The van der Waals surface area contributed by atoms with E-state index in [0.29, 0.717) is 11.4 Å². The monoisotopic (exact) mass is 658 g/mol. The van der Waals surface area contributed by atoms with Gasteiger partial charge in [0.15, 0.2) is 6.10 Å². The van der Waals surface area contributed by atoms with Crippen LogP contribution in [0.2, 0.25) is 0 Å². The molecule has 0 bridgehead atoms. The molecule has 1 aromatic heterocycles. The highest BCUT2D eigenvalue weighted by Gasteiger charge is 2.34. The van der Waals surface area contributed by atoms with Crippen molar-refractivity contribution in [3.63, 3.8) is 0 Å². The third-order valence-corrected chi connectivity index (χ3v) is 9.25. The number of carbonyl (C=O) groups is 4. The molecule has 0 spiro atoms. The number of nitrogens with two attached hydrogens (primary N) is 1. The molecular weight excluding hydrogens is 604 g/mol. The molecule has 0 aliphatic heterocycles. The minimum Gasteiger partial charge on any atom is -0.481 e. The molecule has 0 saturated carbocycles. The van der Waals surface area contributed by atoms with Gasteiger partial charge in [-0.1, -0.05) is 92.1 Å². The third kappa shape index (κ3) is 12.1. The summed E-state index contributed by atoms with van der Waals surface area (Å²) < 4.78 is 6.03. The molecule has 0 fully saturated rings. The topological polar surface area (TPSA) is 152 Å². The Morgan fingerprint density at radius 2 is 1.70 bits per heavy atom. The number of likely N-dealkylation sites (N-methyl/N-ethyl adjacent to an activating group) is 1. The van der Waals surface area contributed by atoms with Crippen molar-refractivity contribution in [2.75, 3.05) is 7.05 Å². The molecule has 46 heavy (non-hydrogen) atoms. The largest absolute Gasteiger partial charge is 0.481 e. The minimum absolute atomic E-state index is 0.00686. The van der Waals surface area contributed by atoms with Crippen molar-refractivity contribution in [1.29, 1.82) is 0 Å². The molecule has 0 aliphatic rings. The van der Waals surface area contributed by atoms with Gasteiger partial charge in [-0.15, -0.1) is 11.3 Å². The fourth-order valence-electron chi connectivity index (χ4n) is 5.24. The molecule has 1 aromatic carbocycles. The Labute approximate surface area is 278 Å². The van der Waals surface area contributed by atoms with E-state index in [9.17, 15) is 24.3 Å². The zero-order chi connectivity index (χ0) is 34.8. The van der Waals surface area contributed by atoms with E-state index in [1.807, 2.05) is 78.8 Å². The Balaban J connectivity index is 2.37. The Bertz CT molecular complexity index is 1290. The van der Waals surface area contributed by atoms with Crippen molar-refractivity contribution in [3.8, 4) is 0 Å². The lowest BCUT2D eigenvalue weighted by molar-refractivity contribution is -0.153. The second-order valence-corrected chi connectivity index (χ2v) is 14.9. The Hall–Kier alpha value is -3.31. The van der Waals surface area contributed by atoms with E-state index < -0.39 is 42.0 Å². The summed E-state index contributed by atoms with van der Waals surface area (Å²) in [5.74, 6) is -2.58. The van der Waals surface area contributed by atoms with Gasteiger partial charge in [0.1, 0.15) is 10.7 Å². The van der Waals surface area contributed by atoms with Crippen molar-refractivity contribution < 1.29 is 29.0 Å². The summed E-state index contributed by atoms with van der Waals surface area (Å²) in [7, 11) is 1.73. The molecule has 4 N–H and O–H groups in total. The fraction of sp³-hybridized carbons (Fsp3) is 0.629. The summed E-state index contributed by atoms with van der Waals surface area (Å²) in [6.07, 6.45) is 1.15. The summed E-state index contributed by atoms with van der Waals surface area (Å²) in [6.45, 7) is 15.4. The molecule has 256 valence electrons. The van der Waals surface area contributed by atoms with Crippen LogP contribution in [0.15, 0.2) is 35.7 Å². The number of aromatic nitrogens is 1. The van der Waals surface area contributed by atoms with Crippen LogP contribution in [-0.2, 0) is 25.5 Å². The highest BCUT2D eigenvalue weighted by Crippen LogP contribution is 2.32. The quantitative estimate of drug-likeness (QED) is 0.179. The molecular formula is C35H54N4O6S. The van der Waals surface area contributed by atoms with Crippen molar-refractivity contribution in [3.05, 3.63) is 52.0 Å². The first-order valence-electron chi connectivity index (χ1n) is 16.2. The molecule has 11 heteroatoms. The fourth-order valence-corrected chi connectivity index (χ4v) is 6.08. The Morgan fingerprint density at radius 1 is 1.07 bits per heavy atom. The van der Waals surface area contributed by atoms with Gasteiger partial charge in [0.05, 0.1) is 18.4 Å². The number of hydrogen-bond donors (Lipinski definition) is 3. The van der Waals surface area contributed by atoms with E-state index in [2.05, 4.69) is 10.3 Å². The average molecular weight is 659 g/mol. The number of nitrogens with zero attached hydrogens (tertiary/aromatic N) is 2. The zero-order valence-corrected chi connectivity index (χ0v) is 29.7. The smallest absolute Gasteiger partial charge is 0.307 e. The maximum absolute atomic E-state index is 13.4. The van der Waals surface area contributed by atoms with Gasteiger partial charge in [0, 0.05) is 30.9 Å². The first-order valence-corrected chi connectivity index (χ1v) is 17.1. The number of amides is 2. The Morgan fingerprint density at radius 3 is 2.24 bits per heavy atom. The van der Waals surface area contributed by atoms with Crippen LogP contribution < -0.4 is 11.1 Å². The second-order valence-electron chi connectivity index (χ2n) is 14.0. The van der Waals surface area contributed by atoms with Crippen LogP contribution in [0.25, 0.3) is 0 Å². The third-order valence-electron chi connectivity index (χ3n) is 8.31. The van der Waals surface area contributed by atoms with E-state index in [0.717, 1.165) is 12.0 Å². The SMILES string of the molecule is CC[C@H](C)[C@H](N)C(=O)N(C)[C@H](C[C@@H](OC(=O)CC(C)(C)C)c1nc(C(=O)NC(Cc2ccccc2)CC(C)C(=O)O)cs1)C(C)C. The lowest BCUT2D eigenvalue weighted by Gasteiger charge is -2.36. The highest BCUT2D eigenvalue weighted by molar-refractivity contribution is 7.09. The standard InChI is InChI=1S/C35H54N4O6S/c1-10-22(4)30(36)33(42)39(9)27(21(2)3)18-28(45-29(40)19-35(6,7)8)32-38-26(20-46-32)31(41)37-25(16-23(5)34(43)44)17-24-14-12-11-13-15-24/h11-15,20-23,25,27-28,30H,10,16-19,36H2,1-9H3,(H,37,41)(H,43,44)/t22-,23?,25?,27+,28+,30-/m0/s1. The first-order chi connectivity index (χ1) is 21.4. The number of hydrogen-bond acceptors (Lipinski definition) is 8. The van der Waals surface area contributed by atoms with Gasteiger partial charge in [-0.25, -0.2) is 4.98 Å². The van der Waals surface area contributed by atoms with Gasteiger partial charge in [0.2, 0.25) is 5.91 Å².